The van der Waals surface area contributed by atoms with E-state index in [4.69, 9.17) is 14.5 Å². The summed E-state index contributed by atoms with van der Waals surface area (Å²) in [6, 6.07) is 7.69. The van der Waals surface area contributed by atoms with Crippen LogP contribution in [-0.2, 0) is 33.4 Å². The number of esters is 2. The van der Waals surface area contributed by atoms with E-state index in [9.17, 15) is 24.0 Å². The van der Waals surface area contributed by atoms with Crippen molar-refractivity contribution < 1.29 is 33.4 Å². The number of hydrazine groups is 1. The third kappa shape index (κ3) is 8.46. The van der Waals surface area contributed by atoms with Crippen LogP contribution in [-0.4, -0.2) is 70.5 Å². The number of carbonyl (C=O) groups is 5. The summed E-state index contributed by atoms with van der Waals surface area (Å²) in [6.07, 6.45) is 6.09. The number of amides is 3. The van der Waals surface area contributed by atoms with Gasteiger partial charge < -0.3 is 20.1 Å². The predicted molar refractivity (Wildman–Crippen MR) is 183 cm³/mol. The van der Waals surface area contributed by atoms with Crippen LogP contribution in [0.1, 0.15) is 103 Å². The number of cyclic esters (lactones) is 1. The summed E-state index contributed by atoms with van der Waals surface area (Å²) in [5.74, 6) is -2.41. The molecule has 1 spiro atoms. The fourth-order valence-corrected chi connectivity index (χ4v) is 6.70. The lowest BCUT2D eigenvalue weighted by Crippen LogP contribution is -2.61. The SMILES string of the molecule is CCCC(=O)OC1CCC2(C=Cc3ccc4ccc(nc4c3)[C@@H](C)NC(=O)C3CCCN(N3)C(=O)[C@H](C)NC(=O)[C@H](C(C)C)OC2=O)CC1. The number of rotatable bonds is 4. The van der Waals surface area contributed by atoms with Gasteiger partial charge in [0.2, 0.25) is 5.91 Å². The maximum Gasteiger partial charge on any atom is 0.316 e. The average molecular weight is 676 g/mol. The molecule has 5 bridgehead atoms. The van der Waals surface area contributed by atoms with Crippen LogP contribution in [0.4, 0.5) is 0 Å². The third-order valence-electron chi connectivity index (χ3n) is 9.71. The topological polar surface area (TPSA) is 156 Å². The summed E-state index contributed by atoms with van der Waals surface area (Å²) >= 11 is 0. The number of fused-ring (bicyclic) bond motifs is 4. The van der Waals surface area contributed by atoms with E-state index < -0.39 is 47.4 Å². The van der Waals surface area contributed by atoms with Crippen molar-refractivity contribution in [2.75, 3.05) is 6.54 Å². The van der Waals surface area contributed by atoms with Gasteiger partial charge in [-0.15, -0.1) is 0 Å². The maximum atomic E-state index is 14.2. The van der Waals surface area contributed by atoms with Crippen LogP contribution in [0.25, 0.3) is 17.0 Å². The molecule has 4 atom stereocenters. The maximum absolute atomic E-state index is 14.2. The van der Waals surface area contributed by atoms with Gasteiger partial charge in [0.15, 0.2) is 6.10 Å². The van der Waals surface area contributed by atoms with Crippen molar-refractivity contribution >= 4 is 46.6 Å². The van der Waals surface area contributed by atoms with Crippen molar-refractivity contribution in [3.63, 3.8) is 0 Å². The van der Waals surface area contributed by atoms with E-state index >= 15 is 0 Å². The van der Waals surface area contributed by atoms with E-state index in [1.807, 2.05) is 56.3 Å². The second-order valence-corrected chi connectivity index (χ2v) is 14.0. The molecule has 1 aliphatic carbocycles. The molecular weight excluding hydrogens is 626 g/mol. The zero-order valence-corrected chi connectivity index (χ0v) is 29.1. The molecule has 3 aliphatic rings. The van der Waals surface area contributed by atoms with Gasteiger partial charge in [-0.2, -0.15) is 0 Å². The van der Waals surface area contributed by atoms with Crippen LogP contribution in [0.15, 0.2) is 36.4 Å². The Labute approximate surface area is 287 Å². The third-order valence-corrected chi connectivity index (χ3v) is 9.71. The van der Waals surface area contributed by atoms with Gasteiger partial charge in [0.1, 0.15) is 18.2 Å². The van der Waals surface area contributed by atoms with Crippen molar-refractivity contribution in [3.05, 3.63) is 47.7 Å². The summed E-state index contributed by atoms with van der Waals surface area (Å²) < 4.78 is 11.7. The Morgan fingerprint density at radius 1 is 1.02 bits per heavy atom. The van der Waals surface area contributed by atoms with Gasteiger partial charge in [0.25, 0.3) is 11.8 Å². The van der Waals surface area contributed by atoms with Gasteiger partial charge in [0, 0.05) is 18.4 Å². The first kappa shape index (κ1) is 36.0. The molecule has 3 heterocycles. The minimum absolute atomic E-state index is 0.249. The Kier molecular flexibility index (Phi) is 11.4. The number of benzene rings is 1. The summed E-state index contributed by atoms with van der Waals surface area (Å²) in [5, 5.41) is 8.07. The van der Waals surface area contributed by atoms with Crippen molar-refractivity contribution in [2.24, 2.45) is 11.3 Å². The van der Waals surface area contributed by atoms with Gasteiger partial charge in [-0.25, -0.2) is 5.43 Å². The van der Waals surface area contributed by atoms with E-state index in [0.29, 0.717) is 63.6 Å². The highest BCUT2D eigenvalue weighted by Gasteiger charge is 2.44. The number of ether oxygens (including phenoxy) is 2. The van der Waals surface area contributed by atoms with Crippen molar-refractivity contribution in [3.8, 4) is 0 Å². The molecule has 1 aromatic carbocycles. The van der Waals surface area contributed by atoms with Crippen LogP contribution in [0.3, 0.4) is 0 Å². The van der Waals surface area contributed by atoms with Crippen molar-refractivity contribution in [2.45, 2.75) is 116 Å². The number of hydrogen-bond donors (Lipinski definition) is 3. The number of aromatic nitrogens is 1. The summed E-state index contributed by atoms with van der Waals surface area (Å²) in [5.41, 5.74) is 4.20. The molecule has 1 aromatic heterocycles. The molecule has 1 saturated heterocycles. The highest BCUT2D eigenvalue weighted by atomic mass is 16.6. The Balaban J connectivity index is 1.50. The lowest BCUT2D eigenvalue weighted by atomic mass is 9.72. The number of nitrogens with one attached hydrogen (secondary N) is 3. The molecule has 3 N–H and O–H groups in total. The Morgan fingerprint density at radius 3 is 2.45 bits per heavy atom. The standard InChI is InChI=1S/C37H49N5O7/c1-6-8-31(43)48-27-15-18-37(19-16-27)17-14-25-10-11-26-12-13-28(40-30(26)21-25)23(4)38-33(44)29-9-7-20-42(41-29)35(46)24(5)39-34(45)32(22(2)3)49-36(37)47/h10-14,17,21-24,27,29,32,41H,6-9,15-16,18-20H2,1-5H3,(H,38,44)(H,39,45)/t23-,24+,27?,29?,32+,37?/m1/s1. The quantitative estimate of drug-likeness (QED) is 0.403. The average Bonchev–Trinajstić information content (AvgIpc) is 3.09. The smallest absolute Gasteiger partial charge is 0.316 e. The van der Waals surface area contributed by atoms with Crippen molar-refractivity contribution in [1.82, 2.24) is 26.1 Å². The van der Waals surface area contributed by atoms with Crippen LogP contribution in [0.5, 0.6) is 0 Å². The molecule has 264 valence electrons. The summed E-state index contributed by atoms with van der Waals surface area (Å²) in [4.78, 5) is 71.6. The molecular formula is C37H49N5O7. The molecule has 1 unspecified atom stereocenters. The van der Waals surface area contributed by atoms with E-state index in [-0.39, 0.29) is 23.9 Å². The first-order valence-electron chi connectivity index (χ1n) is 17.6. The molecule has 12 heteroatoms. The normalized spacial score (nSPS) is 28.7. The van der Waals surface area contributed by atoms with E-state index in [1.165, 1.54) is 5.01 Å². The van der Waals surface area contributed by atoms with Gasteiger partial charge in [-0.1, -0.05) is 51.1 Å². The second-order valence-electron chi connectivity index (χ2n) is 14.0. The minimum atomic E-state index is -1.15. The van der Waals surface area contributed by atoms with Gasteiger partial charge in [-0.3, -0.25) is 34.0 Å². The van der Waals surface area contributed by atoms with E-state index in [1.54, 1.807) is 20.8 Å². The molecule has 3 amide bonds. The molecule has 49 heavy (non-hydrogen) atoms. The number of pyridine rings is 1. The van der Waals surface area contributed by atoms with E-state index in [2.05, 4.69) is 16.1 Å². The fraction of sp³-hybridized carbons (Fsp3) is 0.568. The van der Waals surface area contributed by atoms with Gasteiger partial charge in [0.05, 0.1) is 22.7 Å². The zero-order chi connectivity index (χ0) is 35.3. The predicted octanol–water partition coefficient (Wildman–Crippen LogP) is 4.28. The van der Waals surface area contributed by atoms with Crippen LogP contribution in [0.2, 0.25) is 0 Å². The minimum Gasteiger partial charge on any atom is -0.462 e. The molecule has 2 aliphatic heterocycles. The molecule has 5 rings (SSSR count). The van der Waals surface area contributed by atoms with Gasteiger partial charge in [-0.05, 0) is 82.4 Å². The molecule has 12 nitrogen and oxygen atoms in total. The van der Waals surface area contributed by atoms with Crippen LogP contribution >= 0.6 is 0 Å². The summed E-state index contributed by atoms with van der Waals surface area (Å²) in [6.45, 7) is 9.30. The number of carbonyl (C=O) groups excluding carboxylic acids is 5. The summed E-state index contributed by atoms with van der Waals surface area (Å²) in [7, 11) is 0. The fourth-order valence-electron chi connectivity index (χ4n) is 6.70. The first-order valence-corrected chi connectivity index (χ1v) is 17.6. The lowest BCUT2D eigenvalue weighted by Gasteiger charge is -2.37. The Morgan fingerprint density at radius 2 is 1.73 bits per heavy atom. The monoisotopic (exact) mass is 675 g/mol. The number of nitrogens with zero attached hydrogens (tertiary/aromatic N) is 2. The first-order chi connectivity index (χ1) is 23.4. The molecule has 0 radical (unpaired) electrons. The lowest BCUT2D eigenvalue weighted by molar-refractivity contribution is -0.170. The van der Waals surface area contributed by atoms with Crippen molar-refractivity contribution in [1.29, 1.82) is 0 Å². The highest BCUT2D eigenvalue weighted by Crippen LogP contribution is 2.41. The largest absolute Gasteiger partial charge is 0.462 e. The second kappa shape index (κ2) is 15.5. The molecule has 1 saturated carbocycles. The highest BCUT2D eigenvalue weighted by molar-refractivity contribution is 5.92. The van der Waals surface area contributed by atoms with Gasteiger partial charge >= 0.3 is 11.9 Å². The Hall–Kier alpha value is -4.32. The Bertz CT molecular complexity index is 1600. The zero-order valence-electron chi connectivity index (χ0n) is 29.1. The molecule has 2 fully saturated rings. The number of hydrogen-bond acceptors (Lipinski definition) is 9. The molecule has 2 aromatic rings. The van der Waals surface area contributed by atoms with Crippen LogP contribution in [0, 0.1) is 11.3 Å². The van der Waals surface area contributed by atoms with E-state index in [0.717, 1.165) is 16.5 Å². The van der Waals surface area contributed by atoms with Crippen LogP contribution < -0.4 is 16.1 Å².